The Morgan fingerprint density at radius 1 is 1.03 bits per heavy atom. The molecular formula is C25H21ClN2O3S. The average molecular weight is 465 g/mol. The van der Waals surface area contributed by atoms with Gasteiger partial charge in [-0.25, -0.2) is 0 Å². The van der Waals surface area contributed by atoms with Gasteiger partial charge in [-0.1, -0.05) is 54.1 Å². The van der Waals surface area contributed by atoms with Crippen LogP contribution in [0.1, 0.15) is 11.1 Å². The van der Waals surface area contributed by atoms with Crippen molar-refractivity contribution in [2.75, 3.05) is 12.5 Å². The van der Waals surface area contributed by atoms with Gasteiger partial charge in [0, 0.05) is 40.1 Å². The topological polar surface area (TPSA) is 52.5 Å². The molecule has 3 aromatic carbocycles. The number of amides is 1. The summed E-state index contributed by atoms with van der Waals surface area (Å²) in [7, 11) is 0. The molecule has 0 saturated carbocycles. The van der Waals surface area contributed by atoms with Crippen molar-refractivity contribution in [3.8, 4) is 11.5 Å². The third kappa shape index (κ3) is 4.42. The molecule has 0 spiro atoms. The predicted molar refractivity (Wildman–Crippen MR) is 128 cm³/mol. The van der Waals surface area contributed by atoms with Crippen molar-refractivity contribution in [1.29, 1.82) is 0 Å². The maximum atomic E-state index is 12.5. The second-order valence-corrected chi connectivity index (χ2v) is 8.91. The third-order valence-corrected chi connectivity index (χ3v) is 6.75. The van der Waals surface area contributed by atoms with Gasteiger partial charge in [-0.3, -0.25) is 4.79 Å². The number of para-hydroxylation sites is 1. The molecule has 0 aliphatic carbocycles. The highest BCUT2D eigenvalue weighted by Gasteiger charge is 2.14. The van der Waals surface area contributed by atoms with E-state index >= 15 is 0 Å². The van der Waals surface area contributed by atoms with E-state index in [0.29, 0.717) is 18.8 Å². The first-order valence-corrected chi connectivity index (χ1v) is 11.6. The molecule has 4 aromatic rings. The number of rotatable bonds is 7. The average Bonchev–Trinajstić information content (AvgIpc) is 3.42. The van der Waals surface area contributed by atoms with E-state index in [1.807, 2.05) is 54.6 Å². The Hall–Kier alpha value is -3.09. The second kappa shape index (κ2) is 9.18. The first-order valence-electron chi connectivity index (χ1n) is 10.3. The third-order valence-electron chi connectivity index (χ3n) is 5.34. The highest BCUT2D eigenvalue weighted by molar-refractivity contribution is 8.00. The molecule has 32 heavy (non-hydrogen) atoms. The van der Waals surface area contributed by atoms with Crippen molar-refractivity contribution >= 4 is 40.2 Å². The molecule has 0 atom stereocenters. The molecule has 0 radical (unpaired) electrons. The van der Waals surface area contributed by atoms with Crippen LogP contribution in [0.4, 0.5) is 0 Å². The number of carbonyl (C=O) groups is 1. The molecule has 0 bridgehead atoms. The standard InChI is InChI=1S/C25H21ClN2O3S/c26-20-7-3-1-5-18(20)13-28-14-24(19-6-2-4-8-21(19)28)32-15-25(29)27-12-17-9-10-22-23(11-17)31-16-30-22/h1-11,14H,12-13,15-16H2,(H,27,29). The summed E-state index contributed by atoms with van der Waals surface area (Å²) in [6.07, 6.45) is 2.10. The molecule has 5 nitrogen and oxygen atoms in total. The molecule has 0 saturated heterocycles. The molecule has 162 valence electrons. The van der Waals surface area contributed by atoms with Gasteiger partial charge in [-0.2, -0.15) is 0 Å². The monoisotopic (exact) mass is 464 g/mol. The molecule has 1 aromatic heterocycles. The first-order chi connectivity index (χ1) is 15.7. The van der Waals surface area contributed by atoms with Crippen molar-refractivity contribution < 1.29 is 14.3 Å². The highest BCUT2D eigenvalue weighted by Crippen LogP contribution is 2.33. The van der Waals surface area contributed by atoms with Gasteiger partial charge >= 0.3 is 0 Å². The number of hydrogen-bond acceptors (Lipinski definition) is 4. The summed E-state index contributed by atoms with van der Waals surface area (Å²) >= 11 is 7.90. The van der Waals surface area contributed by atoms with Crippen LogP contribution in [0.15, 0.2) is 77.8 Å². The van der Waals surface area contributed by atoms with Crippen molar-refractivity contribution in [1.82, 2.24) is 9.88 Å². The van der Waals surface area contributed by atoms with Crippen molar-refractivity contribution in [3.05, 3.63) is 89.1 Å². The van der Waals surface area contributed by atoms with Crippen LogP contribution in [0.5, 0.6) is 11.5 Å². The summed E-state index contributed by atoms with van der Waals surface area (Å²) < 4.78 is 12.9. The van der Waals surface area contributed by atoms with E-state index in [9.17, 15) is 4.79 Å². The maximum Gasteiger partial charge on any atom is 0.231 e. The molecule has 0 fully saturated rings. The number of hydrogen-bond donors (Lipinski definition) is 1. The van der Waals surface area contributed by atoms with Crippen LogP contribution in [-0.4, -0.2) is 23.0 Å². The minimum absolute atomic E-state index is 0.0180. The quantitative estimate of drug-likeness (QED) is 0.368. The molecule has 5 rings (SSSR count). The maximum absolute atomic E-state index is 12.5. The summed E-state index contributed by atoms with van der Waals surface area (Å²) in [6.45, 7) is 1.37. The Labute approximate surface area is 195 Å². The van der Waals surface area contributed by atoms with E-state index in [4.69, 9.17) is 21.1 Å². The second-order valence-electron chi connectivity index (χ2n) is 7.48. The molecule has 1 aliphatic rings. The molecule has 1 amide bonds. The number of fused-ring (bicyclic) bond motifs is 2. The minimum Gasteiger partial charge on any atom is -0.454 e. The number of thioether (sulfide) groups is 1. The number of carbonyl (C=O) groups excluding carboxylic acids is 1. The Morgan fingerprint density at radius 3 is 2.75 bits per heavy atom. The number of benzene rings is 3. The fraction of sp³-hybridized carbons (Fsp3) is 0.160. The number of nitrogens with one attached hydrogen (secondary N) is 1. The Balaban J connectivity index is 1.25. The largest absolute Gasteiger partial charge is 0.454 e. The summed E-state index contributed by atoms with van der Waals surface area (Å²) in [5, 5.41) is 4.87. The summed E-state index contributed by atoms with van der Waals surface area (Å²) in [5.41, 5.74) is 3.16. The predicted octanol–water partition coefficient (Wildman–Crippen LogP) is 5.48. The van der Waals surface area contributed by atoms with Crippen LogP contribution < -0.4 is 14.8 Å². The van der Waals surface area contributed by atoms with Gasteiger partial charge in [0.05, 0.1) is 5.75 Å². The van der Waals surface area contributed by atoms with Crippen molar-refractivity contribution in [2.24, 2.45) is 0 Å². The number of ether oxygens (including phenoxy) is 2. The SMILES string of the molecule is O=C(CSc1cn(Cc2ccccc2Cl)c2ccccc12)NCc1ccc2c(c1)OCO2. The van der Waals surface area contributed by atoms with Crippen LogP contribution in [0.2, 0.25) is 5.02 Å². The number of nitrogens with zero attached hydrogens (tertiary/aromatic N) is 1. The van der Waals surface area contributed by atoms with E-state index in [0.717, 1.165) is 43.4 Å². The normalized spacial score (nSPS) is 12.3. The molecule has 1 N–H and O–H groups in total. The van der Waals surface area contributed by atoms with Crippen molar-refractivity contribution in [3.63, 3.8) is 0 Å². The summed E-state index contributed by atoms with van der Waals surface area (Å²) in [6, 6.07) is 21.8. The van der Waals surface area contributed by atoms with E-state index in [2.05, 4.69) is 28.2 Å². The Bertz CT molecular complexity index is 1290. The number of aromatic nitrogens is 1. The fourth-order valence-corrected chi connectivity index (χ4v) is 4.83. The van der Waals surface area contributed by atoms with Gasteiger partial charge in [0.25, 0.3) is 0 Å². The Morgan fingerprint density at radius 2 is 1.84 bits per heavy atom. The van der Waals surface area contributed by atoms with Gasteiger partial charge in [-0.15, -0.1) is 11.8 Å². The van der Waals surface area contributed by atoms with Gasteiger partial charge in [0.1, 0.15) is 0 Å². The lowest BCUT2D eigenvalue weighted by Gasteiger charge is -2.07. The molecule has 1 aliphatic heterocycles. The zero-order chi connectivity index (χ0) is 21.9. The van der Waals surface area contributed by atoms with Gasteiger partial charge in [-0.05, 0) is 35.4 Å². The molecule has 0 unspecified atom stereocenters. The van der Waals surface area contributed by atoms with Crippen LogP contribution in [0.3, 0.4) is 0 Å². The van der Waals surface area contributed by atoms with Crippen molar-refractivity contribution in [2.45, 2.75) is 18.0 Å². The lowest BCUT2D eigenvalue weighted by atomic mass is 10.2. The number of halogens is 1. The first kappa shape index (κ1) is 20.8. The molecule has 7 heteroatoms. The molecule has 2 heterocycles. The lowest BCUT2D eigenvalue weighted by Crippen LogP contribution is -2.24. The Kier molecular flexibility index (Phi) is 5.97. The van der Waals surface area contributed by atoms with Gasteiger partial charge in [0.15, 0.2) is 11.5 Å². The zero-order valence-electron chi connectivity index (χ0n) is 17.2. The lowest BCUT2D eigenvalue weighted by molar-refractivity contribution is -0.118. The van der Waals surface area contributed by atoms with E-state index in [1.54, 1.807) is 0 Å². The van der Waals surface area contributed by atoms with E-state index in [-0.39, 0.29) is 12.7 Å². The zero-order valence-corrected chi connectivity index (χ0v) is 18.8. The van der Waals surface area contributed by atoms with Gasteiger partial charge in [0.2, 0.25) is 12.7 Å². The summed E-state index contributed by atoms with van der Waals surface area (Å²) in [5.74, 6) is 1.78. The van der Waals surface area contributed by atoms with Crippen LogP contribution >= 0.6 is 23.4 Å². The van der Waals surface area contributed by atoms with E-state index in [1.165, 1.54) is 11.8 Å². The minimum atomic E-state index is -0.0180. The van der Waals surface area contributed by atoms with Gasteiger partial charge < -0.3 is 19.4 Å². The highest BCUT2D eigenvalue weighted by atomic mass is 35.5. The summed E-state index contributed by atoms with van der Waals surface area (Å²) in [4.78, 5) is 13.6. The van der Waals surface area contributed by atoms with Crippen LogP contribution in [0.25, 0.3) is 10.9 Å². The van der Waals surface area contributed by atoms with E-state index < -0.39 is 0 Å². The van der Waals surface area contributed by atoms with Crippen LogP contribution in [-0.2, 0) is 17.9 Å². The smallest absolute Gasteiger partial charge is 0.231 e. The fourth-order valence-electron chi connectivity index (χ4n) is 3.71. The van der Waals surface area contributed by atoms with Crippen LogP contribution in [0, 0.1) is 0 Å². The molecular weight excluding hydrogens is 444 g/mol.